The van der Waals surface area contributed by atoms with E-state index in [0.717, 1.165) is 16.8 Å². The molecule has 6 N–H and O–H groups in total. The number of nitrogens with zero attached hydrogens (tertiary/aromatic N) is 2. The van der Waals surface area contributed by atoms with E-state index in [9.17, 15) is 79.0 Å². The number of nitro groups is 1. The van der Waals surface area contributed by atoms with E-state index < -0.39 is 153 Å². The molecule has 1 aromatic heterocycles. The minimum absolute atomic E-state index is 0.0183. The molecule has 34 heteroatoms. The number of hydrogen-bond donors (Lipinski definition) is 6. The Morgan fingerprint density at radius 2 is 1.57 bits per heavy atom. The van der Waals surface area contributed by atoms with Crippen molar-refractivity contribution in [1.29, 1.82) is 0 Å². The largest absolute Gasteiger partial charge is 0.744 e. The van der Waals surface area contributed by atoms with Gasteiger partial charge in [0.1, 0.15) is 48.1 Å². The number of benzene rings is 4. The lowest BCUT2D eigenvalue weighted by molar-refractivity contribution is -0.386. The molecule has 0 spiro atoms. The summed E-state index contributed by atoms with van der Waals surface area (Å²) in [6, 6.07) is 12.1. The van der Waals surface area contributed by atoms with Crippen molar-refractivity contribution in [2.45, 2.75) is 140 Å². The van der Waals surface area contributed by atoms with Crippen LogP contribution in [0, 0.1) is 39.2 Å². The van der Waals surface area contributed by atoms with Gasteiger partial charge in [0.05, 0.1) is 54.1 Å². The van der Waals surface area contributed by atoms with Gasteiger partial charge in [0.25, 0.3) is 11.2 Å². The Labute approximate surface area is 526 Å². The minimum atomic E-state index is -5.87. The van der Waals surface area contributed by atoms with E-state index in [1.54, 1.807) is 51.1 Å². The molecule has 4 aliphatic rings. The standard InChI is InChI=1S/C58H66N3O26P3S2/c1-29-19-35-40(57(29,6)7)22-38-48(39-23-41-36(20-30(2)58(41,8)9)52(92(78,79)80)50(39)85-49(38)51(35)91(75,76)77)32-17-15-31(16-18-32)43(62)14-12-11-13-33-21-42(61(66)67)37(24-45(33)81-10)53(56(3,4)5)82-27-34-26-60(55(65)59-54(34)64)47-25-44(63)46(84-47)28-83-89(71,72)87-90(73,74)86-88(68,69)70/h15-19,21-24,26,29-30,44,46-47,53,63H,12,14,20,25,27-28H2,1-10H3,(H,71,72)(H,73,74)(H,59,64,65)(H2,68,69,70)(H,75,76,77)(H,78,79,80)/p-2/t29?,30?,44?,46-,47-,53-/m1/s1. The van der Waals surface area contributed by atoms with Crippen molar-refractivity contribution in [3.05, 3.63) is 146 Å². The number of ketones is 1. The third kappa shape index (κ3) is 14.0. The fourth-order valence-electron chi connectivity index (χ4n) is 11.8. The van der Waals surface area contributed by atoms with E-state index in [4.69, 9.17) is 28.7 Å². The Balaban J connectivity index is 0.959. The molecular weight excluding hydrogens is 1310 g/mol. The summed E-state index contributed by atoms with van der Waals surface area (Å²) in [6.07, 6.45) is -3.47. The molecule has 9 rings (SSSR count). The third-order valence-corrected chi connectivity index (χ3v) is 22.8. The number of carbonyl (C=O) groups excluding carboxylic acids is 1. The van der Waals surface area contributed by atoms with E-state index in [0.29, 0.717) is 16.7 Å². The Kier molecular flexibility index (Phi) is 18.8. The number of carbonyl (C=O) groups is 1. The van der Waals surface area contributed by atoms with Gasteiger partial charge in [-0.2, -0.15) is 8.62 Å². The van der Waals surface area contributed by atoms with Gasteiger partial charge < -0.3 is 52.7 Å². The number of phosphoric ester groups is 1. The molecule has 1 saturated heterocycles. The third-order valence-electron chi connectivity index (χ3n) is 17.1. The van der Waals surface area contributed by atoms with Gasteiger partial charge in [0.15, 0.2) is 17.3 Å². The first-order chi connectivity index (χ1) is 42.3. The van der Waals surface area contributed by atoms with Crippen LogP contribution in [0.4, 0.5) is 5.69 Å². The molecule has 5 aromatic rings. The first kappa shape index (κ1) is 70.0. The summed E-state index contributed by atoms with van der Waals surface area (Å²) in [5.41, 5.74) is -2.65. The number of rotatable bonds is 20. The topological polar surface area (TPSA) is 446 Å². The van der Waals surface area contributed by atoms with E-state index in [2.05, 4.69) is 30.0 Å². The summed E-state index contributed by atoms with van der Waals surface area (Å²) in [5, 5.41) is 23.8. The van der Waals surface area contributed by atoms with Crippen LogP contribution in [0.25, 0.3) is 11.6 Å². The highest BCUT2D eigenvalue weighted by Crippen LogP contribution is 2.66. The van der Waals surface area contributed by atoms with Crippen molar-refractivity contribution >= 4 is 66.8 Å². The van der Waals surface area contributed by atoms with Gasteiger partial charge in [-0.15, -0.1) is 0 Å². The Morgan fingerprint density at radius 1 is 0.913 bits per heavy atom. The van der Waals surface area contributed by atoms with Gasteiger partial charge in [-0.05, 0) is 80.2 Å². The van der Waals surface area contributed by atoms with Gasteiger partial charge >= 0.3 is 29.2 Å². The number of nitrogens with one attached hydrogen (secondary N) is 1. The van der Waals surface area contributed by atoms with E-state index >= 15 is 0 Å². The molecule has 2 aliphatic heterocycles. The second kappa shape index (κ2) is 24.8. The predicted octanol–water partition coefficient (Wildman–Crippen LogP) is 6.10. The van der Waals surface area contributed by atoms with Crippen LogP contribution < -0.4 is 31.2 Å². The number of methoxy groups -OCH3 is 1. The van der Waals surface area contributed by atoms with Crippen molar-refractivity contribution in [1.82, 2.24) is 9.55 Å². The smallest absolute Gasteiger partial charge is 0.490 e. The number of aromatic amines is 1. The second-order valence-electron chi connectivity index (χ2n) is 24.9. The van der Waals surface area contributed by atoms with E-state index in [1.807, 2.05) is 41.5 Å². The van der Waals surface area contributed by atoms with Crippen molar-refractivity contribution < 1.29 is 106 Å². The first-order valence-electron chi connectivity index (χ1n) is 28.2. The van der Waals surface area contributed by atoms with Gasteiger partial charge in [-0.1, -0.05) is 104 Å². The molecule has 92 heavy (non-hydrogen) atoms. The maximum absolute atomic E-state index is 13.9. The highest BCUT2D eigenvalue weighted by atomic mass is 32.2. The number of hydrogen-bond acceptors (Lipinski definition) is 22. The zero-order valence-electron chi connectivity index (χ0n) is 50.8. The Hall–Kier alpha value is -6.36. The minimum Gasteiger partial charge on any atom is -0.744 e. The van der Waals surface area contributed by atoms with Crippen molar-refractivity contribution in [2.75, 3.05) is 13.7 Å². The van der Waals surface area contributed by atoms with E-state index in [1.165, 1.54) is 25.3 Å². The quantitative estimate of drug-likeness (QED) is 0.0125. The molecule has 0 amide bonds. The summed E-state index contributed by atoms with van der Waals surface area (Å²) in [6.45, 7) is 14.8. The highest BCUT2D eigenvalue weighted by Gasteiger charge is 2.46. The molecule has 29 nitrogen and oxygen atoms in total. The summed E-state index contributed by atoms with van der Waals surface area (Å²) >= 11 is 0. The molecular formula is C58H64N3O26P3S2-2. The molecule has 0 saturated carbocycles. The SMILES string of the molecule is COc1cc([C@@H](OCc2cn([C@H]3CC(O)[C@@H](COP(=O)(O)OP(=O)(O)OP(=O)(O)O)O3)c(=O)[nH]c2=O)C(C)(C)C)c([N+](=O)[O-])cc1C#CCCC(=O)c1ccc(C2=c3cc4c(c(S(=O)(=O)[O-])c3Oc3c2cc2c(c3S(=O)(=O)[O-])CC(C)C2(C)C)=CC(C)C4(C)C)cc1. The summed E-state index contributed by atoms with van der Waals surface area (Å²) in [4.78, 5) is 89.9. The maximum atomic E-state index is 13.9. The number of fused-ring (bicyclic) bond motifs is 4. The molecule has 0 bridgehead atoms. The van der Waals surface area contributed by atoms with Crippen LogP contribution in [0.2, 0.25) is 0 Å². The van der Waals surface area contributed by atoms with Gasteiger partial charge in [0.2, 0.25) is 0 Å². The maximum Gasteiger partial charge on any atom is 0.490 e. The van der Waals surface area contributed by atoms with Gasteiger partial charge in [-0.25, -0.2) is 35.3 Å². The summed E-state index contributed by atoms with van der Waals surface area (Å²) in [5.74, 6) is 4.13. The van der Waals surface area contributed by atoms with Crippen LogP contribution in [0.15, 0.2) is 74.1 Å². The summed E-state index contributed by atoms with van der Waals surface area (Å²) < 4.78 is 152. The number of nitro benzene ring substituents is 1. The van der Waals surface area contributed by atoms with Crippen LogP contribution in [-0.4, -0.2) is 96.8 Å². The fourth-order valence-corrected chi connectivity index (χ4v) is 16.6. The molecule has 8 atom stereocenters. The molecule has 1 fully saturated rings. The van der Waals surface area contributed by atoms with Gasteiger partial charge in [0, 0.05) is 53.4 Å². The van der Waals surface area contributed by atoms with Crippen LogP contribution in [0.1, 0.15) is 149 Å². The Bertz CT molecular complexity index is 4640. The predicted molar refractivity (Wildman–Crippen MR) is 321 cm³/mol. The number of Topliss-reactive ketones (excluding diaryl/α,β-unsaturated/α-hetero) is 1. The van der Waals surface area contributed by atoms with Crippen LogP contribution >= 0.6 is 23.5 Å². The average Bonchev–Trinajstić information content (AvgIpc) is 1.13. The molecule has 496 valence electrons. The number of aliphatic hydroxyl groups excluding tert-OH is 1. The fraction of sp³-hybridized carbons (Fsp3) is 0.431. The second-order valence-corrected chi connectivity index (χ2v) is 32.0. The number of H-pyrrole nitrogens is 1. The lowest BCUT2D eigenvalue weighted by Gasteiger charge is -2.31. The molecule has 2 aliphatic carbocycles. The number of aliphatic hydroxyl groups is 1. The van der Waals surface area contributed by atoms with Crippen molar-refractivity contribution in [3.8, 4) is 29.1 Å². The molecule has 3 heterocycles. The first-order valence-corrected chi connectivity index (χ1v) is 35.5. The monoisotopic (exact) mass is 1380 g/mol. The average molecular weight is 1380 g/mol. The zero-order valence-corrected chi connectivity index (χ0v) is 55.2. The normalized spacial score (nSPS) is 21.4. The summed E-state index contributed by atoms with van der Waals surface area (Å²) in [7, 11) is -26.6. The van der Waals surface area contributed by atoms with Crippen LogP contribution in [0.3, 0.4) is 0 Å². The zero-order chi connectivity index (χ0) is 68.1. The molecule has 5 unspecified atom stereocenters. The number of aromatic nitrogens is 2. The van der Waals surface area contributed by atoms with Crippen LogP contribution in [0.5, 0.6) is 17.2 Å². The van der Waals surface area contributed by atoms with E-state index in [-0.39, 0.29) is 86.2 Å². The van der Waals surface area contributed by atoms with Crippen LogP contribution in [-0.2, 0) is 80.4 Å². The lowest BCUT2D eigenvalue weighted by Crippen LogP contribution is -2.35. The van der Waals surface area contributed by atoms with Gasteiger partial charge in [-0.3, -0.25) is 33.8 Å². The van der Waals surface area contributed by atoms with Crippen molar-refractivity contribution in [2.24, 2.45) is 17.3 Å². The number of ether oxygens (including phenoxy) is 4. The molecule has 0 radical (unpaired) electrons. The van der Waals surface area contributed by atoms with Crippen molar-refractivity contribution in [3.63, 3.8) is 0 Å². The molecule has 4 aromatic carbocycles. The lowest BCUT2D eigenvalue weighted by atomic mass is 9.77. The number of phosphoric acid groups is 3. The highest BCUT2D eigenvalue weighted by molar-refractivity contribution is 7.86. The Morgan fingerprint density at radius 3 is 2.16 bits per heavy atom.